The lowest BCUT2D eigenvalue weighted by molar-refractivity contribution is -0.465. The minimum absolute atomic E-state index is 0.317. The van der Waals surface area contributed by atoms with Gasteiger partial charge in [0, 0.05) is 5.57 Å². The highest BCUT2D eigenvalue weighted by Gasteiger charge is 2.96. The molecule has 0 rings (SSSR count). The quantitative estimate of drug-likeness (QED) is 0.221. The van der Waals surface area contributed by atoms with Gasteiger partial charge in [0.15, 0.2) is 0 Å². The first kappa shape index (κ1) is 34.0. The molecular weight excluding hydrogens is 563 g/mol. The van der Waals surface area contributed by atoms with Crippen LogP contribution < -0.4 is 0 Å². The minimum atomic E-state index is -8.77. The van der Waals surface area contributed by atoms with E-state index in [1.54, 1.807) is 0 Å². The van der Waals surface area contributed by atoms with Crippen molar-refractivity contribution in [3.63, 3.8) is 0 Å². The molecule has 0 aliphatic heterocycles. The number of carboxylic acids is 1. The number of rotatable bonds is 11. The second-order valence-electron chi connectivity index (χ2n) is 7.32. The molecule has 1 unspecified atom stereocenters. The molecule has 0 spiro atoms. The zero-order valence-electron chi connectivity index (χ0n) is 17.2. The maximum atomic E-state index is 14.6. The van der Waals surface area contributed by atoms with Crippen molar-refractivity contribution in [2.45, 2.75) is 67.9 Å². The van der Waals surface area contributed by atoms with Gasteiger partial charge in [-0.3, -0.25) is 0 Å². The summed E-state index contributed by atoms with van der Waals surface area (Å²) in [4.78, 5) is 10.8. The molecule has 0 saturated carbocycles. The van der Waals surface area contributed by atoms with E-state index in [-0.39, 0.29) is 0 Å². The summed E-state index contributed by atoms with van der Waals surface area (Å²) < 4.78 is 228. The monoisotopic (exact) mass is 576 g/mol. The number of aliphatic hydroxyl groups is 1. The van der Waals surface area contributed by atoms with Crippen molar-refractivity contribution in [1.29, 1.82) is 0 Å². The van der Waals surface area contributed by atoms with Crippen molar-refractivity contribution >= 4 is 5.97 Å². The lowest BCUT2D eigenvalue weighted by Crippen LogP contribution is -2.75. The van der Waals surface area contributed by atoms with Crippen LogP contribution in [0.5, 0.6) is 0 Å². The highest BCUT2D eigenvalue weighted by Crippen LogP contribution is 2.66. The number of halogens is 17. The average molecular weight is 576 g/mol. The largest absolute Gasteiger partial charge is 0.478 e. The highest BCUT2D eigenvalue weighted by atomic mass is 19.4. The Balaban J connectivity index is 7.26. The lowest BCUT2D eigenvalue weighted by atomic mass is 9.72. The van der Waals surface area contributed by atoms with Crippen LogP contribution in [0.25, 0.3) is 0 Å². The highest BCUT2D eigenvalue weighted by molar-refractivity contribution is 5.86. The fourth-order valence-corrected chi connectivity index (χ4v) is 2.62. The molecule has 0 aliphatic carbocycles. The molecule has 2 N–H and O–H groups in total. The summed E-state index contributed by atoms with van der Waals surface area (Å²) in [5, 5.41) is 17.7. The molecule has 0 aromatic rings. The fraction of sp³-hybridized carbons (Fsp3) is 0.812. The Morgan fingerprint density at radius 1 is 0.611 bits per heavy atom. The summed E-state index contributed by atoms with van der Waals surface area (Å²) in [6, 6.07) is 0. The first-order valence-electron chi connectivity index (χ1n) is 8.70. The van der Waals surface area contributed by atoms with E-state index in [1.165, 1.54) is 0 Å². The number of carbonyl (C=O) groups is 1. The maximum absolute atomic E-state index is 14.6. The predicted molar refractivity (Wildman–Crippen MR) is 81.9 cm³/mol. The van der Waals surface area contributed by atoms with Crippen LogP contribution >= 0.6 is 0 Å². The van der Waals surface area contributed by atoms with Crippen LogP contribution in [0.4, 0.5) is 74.6 Å². The van der Waals surface area contributed by atoms with E-state index >= 15 is 0 Å². The molecule has 0 saturated heterocycles. The van der Waals surface area contributed by atoms with Crippen LogP contribution in [0.1, 0.15) is 20.3 Å². The number of aliphatic carboxylic acids is 1. The van der Waals surface area contributed by atoms with Crippen LogP contribution in [0.2, 0.25) is 0 Å². The minimum Gasteiger partial charge on any atom is -0.478 e. The Hall–Kier alpha value is -2.02. The Kier molecular flexibility index (Phi) is 8.56. The average Bonchev–Trinajstić information content (AvgIpc) is 2.69. The molecule has 20 heteroatoms. The molecule has 0 amide bonds. The molecule has 0 heterocycles. The van der Waals surface area contributed by atoms with Gasteiger partial charge in [0.05, 0.1) is 12.0 Å². The standard InChI is InChI=1S/C16H13F17O3/c1-3-8(5-34,4-6(2)7(35)36)9(17,18)10(19,20)11(21,22)12(23,24)13(25,26)14(27,28)15(29,30)16(31,32)33/h4,34H,3,5H2,1-2H3,(H,35,36). The predicted octanol–water partition coefficient (Wildman–Crippen LogP) is 6.42. The van der Waals surface area contributed by atoms with Crippen LogP contribution in [0, 0.1) is 5.41 Å². The van der Waals surface area contributed by atoms with Crippen LogP contribution in [-0.2, 0) is 4.79 Å². The van der Waals surface area contributed by atoms with Crippen LogP contribution in [-0.4, -0.2) is 70.4 Å². The molecule has 214 valence electrons. The van der Waals surface area contributed by atoms with Gasteiger partial charge in [0.1, 0.15) is 0 Å². The molecule has 0 radical (unpaired) electrons. The number of carboxylic acid groups (broad SMARTS) is 1. The van der Waals surface area contributed by atoms with Crippen molar-refractivity contribution in [2.75, 3.05) is 6.61 Å². The van der Waals surface area contributed by atoms with Gasteiger partial charge in [-0.25, -0.2) is 4.79 Å². The summed E-state index contributed by atoms with van der Waals surface area (Å²) in [6.07, 6.45) is -10.2. The molecule has 0 bridgehead atoms. The first-order valence-corrected chi connectivity index (χ1v) is 8.70. The third-order valence-electron chi connectivity index (χ3n) is 5.09. The Bertz CT molecular complexity index is 852. The third-order valence-corrected chi connectivity index (χ3v) is 5.09. The molecule has 0 fully saturated rings. The number of alkyl halides is 17. The van der Waals surface area contributed by atoms with Crippen molar-refractivity contribution in [1.82, 2.24) is 0 Å². The number of aliphatic hydroxyl groups excluding tert-OH is 1. The molecule has 1 atom stereocenters. The topological polar surface area (TPSA) is 57.5 Å². The summed E-state index contributed by atoms with van der Waals surface area (Å²) in [5.74, 6) is -60.2. The van der Waals surface area contributed by atoms with E-state index in [9.17, 15) is 79.4 Å². The Morgan fingerprint density at radius 3 is 1.11 bits per heavy atom. The summed E-state index contributed by atoms with van der Waals surface area (Å²) in [7, 11) is 0. The molecule has 36 heavy (non-hydrogen) atoms. The van der Waals surface area contributed by atoms with E-state index in [0.717, 1.165) is 0 Å². The SMILES string of the molecule is CCC(C=C(C)C(=O)O)(CO)C(F)(F)C(F)(F)C(F)(F)C(F)(F)C(F)(F)C(F)(F)C(F)(F)C(F)(F)F. The van der Waals surface area contributed by atoms with Crippen molar-refractivity contribution in [2.24, 2.45) is 5.41 Å². The maximum Gasteiger partial charge on any atom is 0.460 e. The van der Waals surface area contributed by atoms with Gasteiger partial charge in [-0.1, -0.05) is 13.0 Å². The molecule has 0 aromatic carbocycles. The van der Waals surface area contributed by atoms with E-state index in [1.807, 2.05) is 0 Å². The van der Waals surface area contributed by atoms with Gasteiger partial charge in [0.2, 0.25) is 0 Å². The first-order chi connectivity index (χ1) is 15.4. The molecule has 0 aliphatic rings. The molecule has 3 nitrogen and oxygen atoms in total. The second kappa shape index (κ2) is 9.07. The van der Waals surface area contributed by atoms with Crippen molar-refractivity contribution < 1.29 is 89.6 Å². The van der Waals surface area contributed by atoms with Gasteiger partial charge >= 0.3 is 53.6 Å². The summed E-state index contributed by atoms with van der Waals surface area (Å²) in [5.41, 5.74) is -5.77. The van der Waals surface area contributed by atoms with Crippen LogP contribution in [0.3, 0.4) is 0 Å². The zero-order chi connectivity index (χ0) is 29.8. The van der Waals surface area contributed by atoms with E-state index < -0.39 is 83.7 Å². The third kappa shape index (κ3) is 4.25. The van der Waals surface area contributed by atoms with E-state index in [2.05, 4.69) is 0 Å². The van der Waals surface area contributed by atoms with Crippen LogP contribution in [0.15, 0.2) is 11.6 Å². The summed E-state index contributed by atoms with van der Waals surface area (Å²) >= 11 is 0. The lowest BCUT2D eigenvalue weighted by Gasteiger charge is -2.46. The van der Waals surface area contributed by atoms with Crippen molar-refractivity contribution in [3.05, 3.63) is 11.6 Å². The summed E-state index contributed by atoms with van der Waals surface area (Å²) in [6.45, 7) is -1.86. The van der Waals surface area contributed by atoms with Crippen molar-refractivity contribution in [3.8, 4) is 0 Å². The van der Waals surface area contributed by atoms with E-state index in [0.29, 0.717) is 13.8 Å². The molecule has 0 aromatic heterocycles. The van der Waals surface area contributed by atoms with Gasteiger partial charge in [-0.05, 0) is 13.3 Å². The second-order valence-corrected chi connectivity index (χ2v) is 7.32. The smallest absolute Gasteiger partial charge is 0.460 e. The normalized spacial score (nSPS) is 17.7. The van der Waals surface area contributed by atoms with Gasteiger partial charge in [0.25, 0.3) is 0 Å². The molecular formula is C16H13F17O3. The fourth-order valence-electron chi connectivity index (χ4n) is 2.62. The zero-order valence-corrected chi connectivity index (χ0v) is 17.2. The van der Waals surface area contributed by atoms with Gasteiger partial charge in [-0.15, -0.1) is 0 Å². The number of hydrogen-bond donors (Lipinski definition) is 2. The van der Waals surface area contributed by atoms with Gasteiger partial charge in [-0.2, -0.15) is 74.6 Å². The number of hydrogen-bond acceptors (Lipinski definition) is 2. The Labute approximate surface area is 188 Å². The van der Waals surface area contributed by atoms with Gasteiger partial charge < -0.3 is 10.2 Å². The Morgan fingerprint density at radius 2 is 0.889 bits per heavy atom. The van der Waals surface area contributed by atoms with E-state index in [4.69, 9.17) is 10.2 Å².